The number of hydrogen-bond acceptors (Lipinski definition) is 2. The molecule has 1 N–H and O–H groups in total. The van der Waals surface area contributed by atoms with Crippen LogP contribution in [0.1, 0.15) is 41.6 Å². The summed E-state index contributed by atoms with van der Waals surface area (Å²) in [5.74, 6) is 0. The van der Waals surface area contributed by atoms with Crippen molar-refractivity contribution < 1.29 is 0 Å². The van der Waals surface area contributed by atoms with Crippen LogP contribution in [0.25, 0.3) is 0 Å². The highest BCUT2D eigenvalue weighted by molar-refractivity contribution is 7.12. The summed E-state index contributed by atoms with van der Waals surface area (Å²) in [4.78, 5) is 3.09. The monoisotopic (exact) mass is 221 g/mol. The van der Waals surface area contributed by atoms with Gasteiger partial charge in [0.1, 0.15) is 0 Å². The summed E-state index contributed by atoms with van der Waals surface area (Å²) in [5, 5.41) is 3.37. The van der Waals surface area contributed by atoms with Gasteiger partial charge in [-0.1, -0.05) is 11.6 Å². The van der Waals surface area contributed by atoms with E-state index in [0.717, 1.165) is 0 Å². The van der Waals surface area contributed by atoms with Crippen LogP contribution in [0.5, 0.6) is 0 Å². The van der Waals surface area contributed by atoms with Gasteiger partial charge in [0.2, 0.25) is 0 Å². The van der Waals surface area contributed by atoms with E-state index in [2.05, 4.69) is 31.3 Å². The Balaban J connectivity index is 2.24. The molecule has 82 valence electrons. The molecular weight excluding hydrogens is 202 g/mol. The van der Waals surface area contributed by atoms with E-state index in [1.54, 1.807) is 10.4 Å². The van der Waals surface area contributed by atoms with Crippen LogP contribution >= 0.6 is 11.3 Å². The lowest BCUT2D eigenvalue weighted by Gasteiger charge is -2.10. The molecule has 15 heavy (non-hydrogen) atoms. The van der Waals surface area contributed by atoms with Gasteiger partial charge < -0.3 is 5.32 Å². The number of aryl methyl sites for hydroxylation is 2. The number of thiophene rings is 1. The highest BCUT2D eigenvalue weighted by Crippen LogP contribution is 2.34. The lowest BCUT2D eigenvalue weighted by atomic mass is 10.1. The fourth-order valence-electron chi connectivity index (χ4n) is 2.15. The minimum absolute atomic E-state index is 0.408. The van der Waals surface area contributed by atoms with E-state index >= 15 is 0 Å². The van der Waals surface area contributed by atoms with Gasteiger partial charge in [0, 0.05) is 9.75 Å². The molecule has 0 saturated carbocycles. The molecule has 1 heterocycles. The Morgan fingerprint density at radius 3 is 2.87 bits per heavy atom. The Morgan fingerprint density at radius 1 is 1.47 bits per heavy atom. The van der Waals surface area contributed by atoms with Crippen LogP contribution in [-0.2, 0) is 12.8 Å². The number of allylic oxidation sites excluding steroid dienone is 1. The van der Waals surface area contributed by atoms with Gasteiger partial charge in [0.05, 0.1) is 6.04 Å². The molecule has 0 amide bonds. The van der Waals surface area contributed by atoms with Crippen LogP contribution < -0.4 is 5.32 Å². The second-order valence-electron chi connectivity index (χ2n) is 4.46. The number of rotatable bonds is 3. The second kappa shape index (κ2) is 4.50. The Labute approximate surface area is 96.2 Å². The second-order valence-corrected chi connectivity index (χ2v) is 5.63. The van der Waals surface area contributed by atoms with Crippen molar-refractivity contribution in [1.29, 1.82) is 0 Å². The highest BCUT2D eigenvalue weighted by atomic mass is 32.1. The minimum atomic E-state index is 0.408. The van der Waals surface area contributed by atoms with Crippen LogP contribution in [0.2, 0.25) is 0 Å². The number of likely N-dealkylation sites (N-methyl/N-ethyl adjacent to an activating group) is 1. The standard InChI is InChI=1S/C13H19NS/c1-9(2)7-11(14-3)13-8-10-5-4-6-12(10)15-13/h7-8,11,14H,4-6H2,1-3H3. The van der Waals surface area contributed by atoms with Gasteiger partial charge in [0.15, 0.2) is 0 Å². The Hall–Kier alpha value is -0.600. The number of fused-ring (bicyclic) bond motifs is 1. The zero-order chi connectivity index (χ0) is 10.8. The third-order valence-electron chi connectivity index (χ3n) is 2.88. The van der Waals surface area contributed by atoms with Crippen molar-refractivity contribution in [2.45, 2.75) is 39.2 Å². The van der Waals surface area contributed by atoms with Crippen molar-refractivity contribution >= 4 is 11.3 Å². The van der Waals surface area contributed by atoms with Crippen molar-refractivity contribution in [3.8, 4) is 0 Å². The van der Waals surface area contributed by atoms with E-state index in [9.17, 15) is 0 Å². The first kappa shape index (κ1) is 10.9. The van der Waals surface area contributed by atoms with Gasteiger partial charge in [-0.2, -0.15) is 0 Å². The molecule has 0 bridgehead atoms. The molecule has 2 heteroatoms. The van der Waals surface area contributed by atoms with E-state index in [1.807, 2.05) is 18.4 Å². The Bertz CT molecular complexity index is 350. The molecule has 0 saturated heterocycles. The van der Waals surface area contributed by atoms with Gasteiger partial charge in [-0.3, -0.25) is 0 Å². The minimum Gasteiger partial charge on any atom is -0.309 e. The summed E-state index contributed by atoms with van der Waals surface area (Å²) in [6, 6.07) is 2.80. The maximum atomic E-state index is 3.37. The SMILES string of the molecule is CNC(C=C(C)C)c1cc2c(s1)CCC2. The summed E-state index contributed by atoms with van der Waals surface area (Å²) in [6.07, 6.45) is 6.25. The molecule has 1 aliphatic rings. The largest absolute Gasteiger partial charge is 0.309 e. The molecule has 0 aliphatic heterocycles. The molecule has 1 aromatic rings. The van der Waals surface area contributed by atoms with Crippen molar-refractivity contribution in [3.05, 3.63) is 33.0 Å². The van der Waals surface area contributed by atoms with E-state index in [-0.39, 0.29) is 0 Å². The van der Waals surface area contributed by atoms with Crippen LogP contribution in [0.4, 0.5) is 0 Å². The molecule has 1 nitrogen and oxygen atoms in total. The lowest BCUT2D eigenvalue weighted by molar-refractivity contribution is 0.721. The average molecular weight is 221 g/mol. The zero-order valence-electron chi connectivity index (χ0n) is 9.76. The smallest absolute Gasteiger partial charge is 0.0600 e. The Morgan fingerprint density at radius 2 is 2.27 bits per heavy atom. The summed E-state index contributed by atoms with van der Waals surface area (Å²) in [5.41, 5.74) is 2.97. The highest BCUT2D eigenvalue weighted by Gasteiger charge is 2.17. The molecule has 2 rings (SSSR count). The van der Waals surface area contributed by atoms with E-state index < -0.39 is 0 Å². The molecule has 1 unspecified atom stereocenters. The number of nitrogens with one attached hydrogen (secondary N) is 1. The first-order chi connectivity index (χ1) is 7.20. The molecule has 1 atom stereocenters. The van der Waals surface area contributed by atoms with Gasteiger partial charge in [-0.05, 0) is 51.8 Å². The number of hydrogen-bond donors (Lipinski definition) is 1. The van der Waals surface area contributed by atoms with Gasteiger partial charge >= 0.3 is 0 Å². The van der Waals surface area contributed by atoms with Crippen LogP contribution in [0, 0.1) is 0 Å². The van der Waals surface area contributed by atoms with Crippen LogP contribution in [0.15, 0.2) is 17.7 Å². The molecule has 0 spiro atoms. The van der Waals surface area contributed by atoms with Crippen LogP contribution in [0.3, 0.4) is 0 Å². The van der Waals surface area contributed by atoms with Gasteiger partial charge in [0.25, 0.3) is 0 Å². The molecule has 1 aliphatic carbocycles. The first-order valence-electron chi connectivity index (χ1n) is 5.64. The topological polar surface area (TPSA) is 12.0 Å². The van der Waals surface area contributed by atoms with Crippen LogP contribution in [-0.4, -0.2) is 7.05 Å². The predicted octanol–water partition coefficient (Wildman–Crippen LogP) is 3.46. The van der Waals surface area contributed by atoms with Gasteiger partial charge in [-0.25, -0.2) is 0 Å². The maximum Gasteiger partial charge on any atom is 0.0600 e. The van der Waals surface area contributed by atoms with Crippen molar-refractivity contribution in [2.75, 3.05) is 7.05 Å². The molecule has 0 fully saturated rings. The summed E-state index contributed by atoms with van der Waals surface area (Å²) in [6.45, 7) is 4.32. The predicted molar refractivity (Wildman–Crippen MR) is 67.6 cm³/mol. The fraction of sp³-hybridized carbons (Fsp3) is 0.538. The van der Waals surface area contributed by atoms with E-state index in [4.69, 9.17) is 0 Å². The van der Waals surface area contributed by atoms with Crippen molar-refractivity contribution in [1.82, 2.24) is 5.32 Å². The summed E-state index contributed by atoms with van der Waals surface area (Å²) in [7, 11) is 2.04. The van der Waals surface area contributed by atoms with E-state index in [1.165, 1.54) is 29.7 Å². The third-order valence-corrected chi connectivity index (χ3v) is 4.20. The molecule has 0 aromatic carbocycles. The molecule has 1 aromatic heterocycles. The third kappa shape index (κ3) is 2.32. The molecule has 0 radical (unpaired) electrons. The molecular formula is C13H19NS. The maximum absolute atomic E-state index is 3.37. The normalized spacial score (nSPS) is 16.2. The average Bonchev–Trinajstić information content (AvgIpc) is 2.72. The fourth-order valence-corrected chi connectivity index (χ4v) is 3.48. The van der Waals surface area contributed by atoms with Gasteiger partial charge in [-0.15, -0.1) is 11.3 Å². The summed E-state index contributed by atoms with van der Waals surface area (Å²) >= 11 is 1.99. The summed E-state index contributed by atoms with van der Waals surface area (Å²) < 4.78 is 0. The lowest BCUT2D eigenvalue weighted by Crippen LogP contribution is -2.12. The van der Waals surface area contributed by atoms with Crippen molar-refractivity contribution in [3.63, 3.8) is 0 Å². The van der Waals surface area contributed by atoms with Crippen molar-refractivity contribution in [2.24, 2.45) is 0 Å². The Kier molecular flexibility index (Phi) is 3.27. The zero-order valence-corrected chi connectivity index (χ0v) is 10.6. The quantitative estimate of drug-likeness (QED) is 0.771. The first-order valence-corrected chi connectivity index (χ1v) is 6.46. The van der Waals surface area contributed by atoms with E-state index in [0.29, 0.717) is 6.04 Å².